The van der Waals surface area contributed by atoms with E-state index in [-0.39, 0.29) is 11.7 Å². The minimum atomic E-state index is -0.399. The largest absolute Gasteiger partial charge is 0.379 e. The number of hydrogen-bond acceptors (Lipinski definition) is 6. The zero-order valence-electron chi connectivity index (χ0n) is 25.5. The van der Waals surface area contributed by atoms with Crippen LogP contribution in [0.15, 0.2) is 66.7 Å². The Morgan fingerprint density at radius 1 is 0.911 bits per heavy atom. The van der Waals surface area contributed by atoms with Gasteiger partial charge < -0.3 is 24.8 Å². The molecule has 2 N–H and O–H groups in total. The van der Waals surface area contributed by atoms with E-state index in [0.29, 0.717) is 52.9 Å². The molecule has 45 heavy (non-hydrogen) atoms. The van der Waals surface area contributed by atoms with E-state index in [1.54, 1.807) is 60.5 Å². The molecule has 0 saturated carbocycles. The van der Waals surface area contributed by atoms with E-state index in [4.69, 9.17) is 16.3 Å². The molecule has 10 heteroatoms. The Morgan fingerprint density at radius 2 is 1.69 bits per heavy atom. The van der Waals surface area contributed by atoms with Crippen molar-refractivity contribution in [3.63, 3.8) is 0 Å². The number of aromatic amines is 1. The van der Waals surface area contributed by atoms with Crippen molar-refractivity contribution in [1.29, 1.82) is 0 Å². The number of H-pyrrole nitrogens is 1. The number of carbonyl (C=O) groups excluding carboxylic acids is 3. The molecule has 2 fully saturated rings. The zero-order chi connectivity index (χ0) is 31.3. The molecule has 2 saturated heterocycles. The molecule has 0 bridgehead atoms. The van der Waals surface area contributed by atoms with E-state index >= 15 is 0 Å². The van der Waals surface area contributed by atoms with Gasteiger partial charge in [-0.1, -0.05) is 23.7 Å². The lowest BCUT2D eigenvalue weighted by molar-refractivity contribution is 0.0338. The summed E-state index contributed by atoms with van der Waals surface area (Å²) < 4.78 is 5.41. The third-order valence-electron chi connectivity index (χ3n) is 8.62. The number of aromatic nitrogens is 1. The predicted molar refractivity (Wildman–Crippen MR) is 178 cm³/mol. The Bertz CT molecular complexity index is 1710. The van der Waals surface area contributed by atoms with Gasteiger partial charge in [0.1, 0.15) is 0 Å². The van der Waals surface area contributed by atoms with E-state index in [9.17, 15) is 14.4 Å². The highest BCUT2D eigenvalue weighted by molar-refractivity contribution is 6.31. The molecule has 0 spiro atoms. The van der Waals surface area contributed by atoms with Gasteiger partial charge in [0.25, 0.3) is 11.8 Å². The van der Waals surface area contributed by atoms with Crippen LogP contribution in [0.1, 0.15) is 56.0 Å². The third-order valence-corrected chi connectivity index (χ3v) is 8.86. The monoisotopic (exact) mass is 627 g/mol. The van der Waals surface area contributed by atoms with Crippen LogP contribution >= 0.6 is 11.6 Å². The van der Waals surface area contributed by atoms with Gasteiger partial charge in [0.2, 0.25) is 5.78 Å². The average molecular weight is 628 g/mol. The topological polar surface area (TPSA) is 98.0 Å². The summed E-state index contributed by atoms with van der Waals surface area (Å²) in [4.78, 5) is 50.2. The molecule has 4 aromatic rings. The SMILES string of the molecule is CN(CCN1CCOCC1)C(=O)c1cccc(C(=O)Nc2ccc(N3CCCCC3)cc2C(=O)c2cc3ccc(Cl)cc3[nH]2)c1. The summed E-state index contributed by atoms with van der Waals surface area (Å²) in [7, 11) is 1.77. The molecule has 1 aromatic heterocycles. The summed E-state index contributed by atoms with van der Waals surface area (Å²) in [5, 5.41) is 4.41. The molecule has 0 aliphatic carbocycles. The van der Waals surface area contributed by atoms with Crippen LogP contribution in [0.25, 0.3) is 10.9 Å². The maximum atomic E-state index is 14.0. The number of ether oxygens (including phenoxy) is 1. The highest BCUT2D eigenvalue weighted by Gasteiger charge is 2.22. The Hall–Kier alpha value is -4.18. The molecule has 3 heterocycles. The number of amides is 2. The molecule has 2 aliphatic rings. The molecule has 9 nitrogen and oxygen atoms in total. The standard InChI is InChI=1S/C35H38ClN5O4/c1-39(14-15-40-16-18-45-19-17-40)35(44)26-7-5-6-25(20-26)34(43)38-30-11-10-28(41-12-3-2-4-13-41)23-29(30)33(42)32-21-24-8-9-27(36)22-31(24)37-32/h5-11,20-23,37H,2-4,12-19H2,1H3,(H,38,43). The van der Waals surface area contributed by atoms with Crippen molar-refractivity contribution in [2.24, 2.45) is 0 Å². The van der Waals surface area contributed by atoms with Crippen molar-refractivity contribution >= 4 is 51.5 Å². The van der Waals surface area contributed by atoms with Crippen LogP contribution in [0.5, 0.6) is 0 Å². The van der Waals surface area contributed by atoms with Crippen LogP contribution in [0, 0.1) is 0 Å². The Morgan fingerprint density at radius 3 is 2.49 bits per heavy atom. The van der Waals surface area contributed by atoms with Crippen LogP contribution in [0.4, 0.5) is 11.4 Å². The van der Waals surface area contributed by atoms with Crippen LogP contribution < -0.4 is 10.2 Å². The fourth-order valence-electron chi connectivity index (χ4n) is 5.97. The second kappa shape index (κ2) is 13.9. The van der Waals surface area contributed by atoms with Gasteiger partial charge in [-0.05, 0) is 73.9 Å². The average Bonchev–Trinajstić information content (AvgIpc) is 3.51. The lowest BCUT2D eigenvalue weighted by Crippen LogP contribution is -2.41. The Labute approximate surface area is 268 Å². The smallest absolute Gasteiger partial charge is 0.255 e. The first kappa shape index (κ1) is 30.8. The molecule has 3 aromatic carbocycles. The van der Waals surface area contributed by atoms with E-state index in [2.05, 4.69) is 20.1 Å². The molecule has 2 amide bonds. The third kappa shape index (κ3) is 7.22. The van der Waals surface area contributed by atoms with Gasteiger partial charge in [0.05, 0.1) is 24.6 Å². The van der Waals surface area contributed by atoms with Gasteiger partial charge in [-0.2, -0.15) is 0 Å². The summed E-state index contributed by atoms with van der Waals surface area (Å²) >= 11 is 6.18. The molecule has 0 unspecified atom stereocenters. The van der Waals surface area contributed by atoms with Crippen molar-refractivity contribution < 1.29 is 19.1 Å². The lowest BCUT2D eigenvalue weighted by Gasteiger charge is -2.29. The first-order valence-corrected chi connectivity index (χ1v) is 15.9. The van der Waals surface area contributed by atoms with Gasteiger partial charge >= 0.3 is 0 Å². The number of anilines is 2. The van der Waals surface area contributed by atoms with E-state index in [0.717, 1.165) is 62.2 Å². The second-order valence-electron chi connectivity index (χ2n) is 11.7. The van der Waals surface area contributed by atoms with Gasteiger partial charge in [0, 0.05) is 84.6 Å². The highest BCUT2D eigenvalue weighted by Crippen LogP contribution is 2.29. The number of nitrogens with one attached hydrogen (secondary N) is 2. The predicted octanol–water partition coefficient (Wildman–Crippen LogP) is 5.70. The van der Waals surface area contributed by atoms with E-state index in [1.807, 2.05) is 18.2 Å². The Kier molecular flexibility index (Phi) is 9.49. The molecule has 6 rings (SSSR count). The number of carbonyl (C=O) groups is 3. The molecule has 0 atom stereocenters. The fourth-order valence-corrected chi connectivity index (χ4v) is 6.14. The van der Waals surface area contributed by atoms with Gasteiger partial charge in [-0.15, -0.1) is 0 Å². The number of benzene rings is 3. The first-order valence-electron chi connectivity index (χ1n) is 15.5. The van der Waals surface area contributed by atoms with Crippen LogP contribution in [0.3, 0.4) is 0 Å². The van der Waals surface area contributed by atoms with Crippen molar-refractivity contribution in [2.75, 3.05) is 69.7 Å². The first-order chi connectivity index (χ1) is 21.9. The second-order valence-corrected chi connectivity index (χ2v) is 12.2. The van der Waals surface area contributed by atoms with Crippen LogP contribution in [0.2, 0.25) is 5.02 Å². The molecular formula is C35H38ClN5O4. The van der Waals surface area contributed by atoms with E-state index < -0.39 is 5.91 Å². The minimum absolute atomic E-state index is 0.154. The summed E-state index contributed by atoms with van der Waals surface area (Å²) in [5.74, 6) is -0.787. The zero-order valence-corrected chi connectivity index (χ0v) is 26.2. The number of nitrogens with zero attached hydrogens (tertiary/aromatic N) is 3. The molecule has 234 valence electrons. The fraction of sp³-hybridized carbons (Fsp3) is 0.343. The van der Waals surface area contributed by atoms with Gasteiger partial charge in [-0.3, -0.25) is 19.3 Å². The number of ketones is 1. The maximum absolute atomic E-state index is 14.0. The number of likely N-dealkylation sites (N-methyl/N-ethyl adjacent to an activating group) is 1. The summed E-state index contributed by atoms with van der Waals surface area (Å²) in [6.07, 6.45) is 3.39. The van der Waals surface area contributed by atoms with Gasteiger partial charge in [0.15, 0.2) is 0 Å². The van der Waals surface area contributed by atoms with Crippen LogP contribution in [-0.4, -0.2) is 91.9 Å². The molecule has 2 aliphatic heterocycles. The number of hydrogen-bond donors (Lipinski definition) is 2. The normalized spacial score (nSPS) is 15.6. The van der Waals surface area contributed by atoms with Crippen molar-refractivity contribution in [1.82, 2.24) is 14.8 Å². The van der Waals surface area contributed by atoms with Gasteiger partial charge in [-0.25, -0.2) is 0 Å². The number of morpholine rings is 1. The number of piperidine rings is 1. The number of rotatable bonds is 9. The minimum Gasteiger partial charge on any atom is -0.379 e. The van der Waals surface area contributed by atoms with E-state index in [1.165, 1.54) is 6.42 Å². The van der Waals surface area contributed by atoms with Crippen molar-refractivity contribution in [3.8, 4) is 0 Å². The highest BCUT2D eigenvalue weighted by atomic mass is 35.5. The van der Waals surface area contributed by atoms with Crippen molar-refractivity contribution in [2.45, 2.75) is 19.3 Å². The summed E-state index contributed by atoms with van der Waals surface area (Å²) in [5.41, 5.74) is 3.68. The summed E-state index contributed by atoms with van der Waals surface area (Å²) in [6, 6.07) is 19.6. The maximum Gasteiger partial charge on any atom is 0.255 e. The number of halogens is 1. The van der Waals surface area contributed by atoms with Crippen LogP contribution in [-0.2, 0) is 4.74 Å². The molecule has 0 radical (unpaired) electrons. The number of fused-ring (bicyclic) bond motifs is 1. The molecular weight excluding hydrogens is 590 g/mol. The lowest BCUT2D eigenvalue weighted by atomic mass is 10.0. The quantitative estimate of drug-likeness (QED) is 0.231. The summed E-state index contributed by atoms with van der Waals surface area (Å²) in [6.45, 7) is 6.31. The van der Waals surface area contributed by atoms with Crippen molar-refractivity contribution in [3.05, 3.63) is 94.1 Å². The Balaban J connectivity index is 1.23.